The highest BCUT2D eigenvalue weighted by Gasteiger charge is 2.47. The Hall–Kier alpha value is -0.420. The fourth-order valence-corrected chi connectivity index (χ4v) is 4.94. The quantitative estimate of drug-likeness (QED) is 0.465. The highest BCUT2D eigenvalue weighted by molar-refractivity contribution is 7.54. The van der Waals surface area contributed by atoms with Crippen LogP contribution >= 0.6 is 7.60 Å². The van der Waals surface area contributed by atoms with Gasteiger partial charge in [-0.05, 0) is 26.7 Å². The Balaban J connectivity index is 5.56. The van der Waals surface area contributed by atoms with E-state index in [1.165, 1.54) is 0 Å². The Morgan fingerprint density at radius 3 is 1.81 bits per heavy atom. The van der Waals surface area contributed by atoms with Crippen molar-refractivity contribution in [2.45, 2.75) is 59.2 Å². The lowest BCUT2D eigenvalue weighted by Crippen LogP contribution is -2.41. The molecule has 0 saturated heterocycles. The van der Waals surface area contributed by atoms with E-state index in [4.69, 9.17) is 13.8 Å². The third-order valence-electron chi connectivity index (χ3n) is 3.37. The molecule has 6 nitrogen and oxygen atoms in total. The van der Waals surface area contributed by atoms with Gasteiger partial charge >= 0.3 is 13.6 Å². The summed E-state index contributed by atoms with van der Waals surface area (Å²) in [6.07, 6.45) is -0.206. The molecule has 0 fully saturated rings. The van der Waals surface area contributed by atoms with Crippen molar-refractivity contribution < 1.29 is 28.3 Å². The summed E-state index contributed by atoms with van der Waals surface area (Å²) >= 11 is 0. The van der Waals surface area contributed by atoms with Crippen LogP contribution in [0.3, 0.4) is 0 Å². The summed E-state index contributed by atoms with van der Waals surface area (Å²) in [5, 5.41) is 10.3. The molecule has 7 heteroatoms. The van der Waals surface area contributed by atoms with Crippen molar-refractivity contribution in [3.05, 3.63) is 0 Å². The molecule has 0 radical (unpaired) electrons. The summed E-state index contributed by atoms with van der Waals surface area (Å²) in [7, 11) is -3.60. The van der Waals surface area contributed by atoms with Crippen LogP contribution in [0.1, 0.15) is 47.5 Å². The first-order valence-electron chi connectivity index (χ1n) is 7.65. The zero-order valence-corrected chi connectivity index (χ0v) is 14.6. The summed E-state index contributed by atoms with van der Waals surface area (Å²) in [5.74, 6) is -0.942. The molecule has 0 heterocycles. The van der Waals surface area contributed by atoms with Crippen molar-refractivity contribution in [3.8, 4) is 0 Å². The van der Waals surface area contributed by atoms with Gasteiger partial charge in [0.05, 0.1) is 19.8 Å². The molecule has 21 heavy (non-hydrogen) atoms. The van der Waals surface area contributed by atoms with E-state index in [-0.39, 0.29) is 25.7 Å². The maximum atomic E-state index is 13.0. The zero-order valence-electron chi connectivity index (χ0n) is 13.7. The van der Waals surface area contributed by atoms with Crippen LogP contribution in [0.2, 0.25) is 0 Å². The lowest BCUT2D eigenvalue weighted by Gasteiger charge is -2.33. The molecule has 0 amide bonds. The molecule has 0 aromatic rings. The molecule has 0 unspecified atom stereocenters. The standard InChI is InChI=1S/C14H29O6P/c1-6-11(7-2)13(12(15)14(16)18-8-3)21(17,19-9-4)20-10-5/h11-13,15H,6-10H2,1-5H3/t12-,13+/m0/s1. The summed E-state index contributed by atoms with van der Waals surface area (Å²) in [6, 6.07) is 0. The van der Waals surface area contributed by atoms with Crippen molar-refractivity contribution in [2.24, 2.45) is 5.92 Å². The first-order valence-corrected chi connectivity index (χ1v) is 9.26. The molecule has 0 bridgehead atoms. The minimum absolute atomic E-state index is 0.152. The molecule has 0 spiro atoms. The molecular weight excluding hydrogens is 295 g/mol. The summed E-state index contributed by atoms with van der Waals surface area (Å²) in [6.45, 7) is 9.41. The molecule has 1 N–H and O–H groups in total. The normalized spacial score (nSPS) is 15.0. The monoisotopic (exact) mass is 324 g/mol. The fraction of sp³-hybridized carbons (Fsp3) is 0.929. The Morgan fingerprint density at radius 2 is 1.48 bits per heavy atom. The second-order valence-corrected chi connectivity index (χ2v) is 6.83. The maximum absolute atomic E-state index is 13.0. The average Bonchev–Trinajstić information content (AvgIpc) is 2.44. The van der Waals surface area contributed by atoms with Gasteiger partial charge in [-0.1, -0.05) is 26.7 Å². The summed E-state index contributed by atoms with van der Waals surface area (Å²) < 4.78 is 28.5. The maximum Gasteiger partial charge on any atom is 0.337 e. The van der Waals surface area contributed by atoms with Crippen LogP contribution in [-0.4, -0.2) is 42.7 Å². The topological polar surface area (TPSA) is 82.1 Å². The van der Waals surface area contributed by atoms with E-state index in [1.54, 1.807) is 20.8 Å². The molecular formula is C14H29O6P. The number of rotatable bonds is 11. The van der Waals surface area contributed by atoms with Crippen molar-refractivity contribution in [3.63, 3.8) is 0 Å². The van der Waals surface area contributed by atoms with E-state index in [2.05, 4.69) is 0 Å². The van der Waals surface area contributed by atoms with Crippen LogP contribution in [0.15, 0.2) is 0 Å². The summed E-state index contributed by atoms with van der Waals surface area (Å²) in [5.41, 5.74) is -0.911. The van der Waals surface area contributed by atoms with Crippen molar-refractivity contribution in [1.29, 1.82) is 0 Å². The van der Waals surface area contributed by atoms with E-state index in [9.17, 15) is 14.5 Å². The Morgan fingerprint density at radius 1 is 1.00 bits per heavy atom. The molecule has 126 valence electrons. The molecule has 0 aliphatic rings. The van der Waals surface area contributed by atoms with Crippen LogP contribution < -0.4 is 0 Å². The fourth-order valence-electron chi connectivity index (χ4n) is 2.40. The van der Waals surface area contributed by atoms with Crippen LogP contribution in [0.5, 0.6) is 0 Å². The first kappa shape index (κ1) is 20.6. The number of esters is 1. The number of hydrogen-bond donors (Lipinski definition) is 1. The molecule has 2 atom stereocenters. The van der Waals surface area contributed by atoms with Crippen LogP contribution in [-0.2, 0) is 23.1 Å². The van der Waals surface area contributed by atoms with E-state index < -0.39 is 25.3 Å². The average molecular weight is 324 g/mol. The molecule has 0 aliphatic carbocycles. The van der Waals surface area contributed by atoms with Gasteiger partial charge in [0.1, 0.15) is 5.66 Å². The van der Waals surface area contributed by atoms with E-state index in [0.717, 1.165) is 0 Å². The predicted molar refractivity (Wildman–Crippen MR) is 81.4 cm³/mol. The Bertz CT molecular complexity index is 332. The van der Waals surface area contributed by atoms with Gasteiger partial charge in [0.15, 0.2) is 6.10 Å². The Labute approximate surface area is 127 Å². The Kier molecular flexibility index (Phi) is 10.1. The number of aliphatic hydroxyl groups excluding tert-OH is 1. The molecule has 0 aromatic carbocycles. The minimum atomic E-state index is -3.60. The number of carbonyl (C=O) groups is 1. The minimum Gasteiger partial charge on any atom is -0.464 e. The molecule has 0 aliphatic heterocycles. The largest absolute Gasteiger partial charge is 0.464 e. The molecule has 0 saturated carbocycles. The number of ether oxygens (including phenoxy) is 1. The highest BCUT2D eigenvalue weighted by atomic mass is 31.2. The number of aliphatic hydroxyl groups is 1. The van der Waals surface area contributed by atoms with Gasteiger partial charge in [0.25, 0.3) is 0 Å². The van der Waals surface area contributed by atoms with Crippen molar-refractivity contribution >= 4 is 13.6 Å². The van der Waals surface area contributed by atoms with Crippen LogP contribution in [0, 0.1) is 5.92 Å². The van der Waals surface area contributed by atoms with Gasteiger partial charge in [0.2, 0.25) is 0 Å². The van der Waals surface area contributed by atoms with Crippen LogP contribution in [0.4, 0.5) is 0 Å². The smallest absolute Gasteiger partial charge is 0.337 e. The molecule has 0 rings (SSSR count). The van der Waals surface area contributed by atoms with Gasteiger partial charge in [-0.2, -0.15) is 0 Å². The lowest BCUT2D eigenvalue weighted by atomic mass is 9.95. The zero-order chi connectivity index (χ0) is 16.5. The van der Waals surface area contributed by atoms with Crippen LogP contribution in [0.25, 0.3) is 0 Å². The number of hydrogen-bond acceptors (Lipinski definition) is 6. The third-order valence-corrected chi connectivity index (χ3v) is 6.04. The predicted octanol–water partition coefficient (Wildman–Crippen LogP) is 2.98. The summed E-state index contributed by atoms with van der Waals surface area (Å²) in [4.78, 5) is 11.9. The number of carbonyl (C=O) groups excluding carboxylic acids is 1. The van der Waals surface area contributed by atoms with Crippen molar-refractivity contribution in [2.75, 3.05) is 19.8 Å². The van der Waals surface area contributed by atoms with Gasteiger partial charge in [-0.15, -0.1) is 0 Å². The molecule has 0 aromatic heterocycles. The highest BCUT2D eigenvalue weighted by Crippen LogP contribution is 2.57. The first-order chi connectivity index (χ1) is 9.91. The SMILES string of the molecule is CCOC(=O)[C@@H](O)[C@@H](C(CC)CC)P(=O)(OCC)OCC. The second kappa shape index (κ2) is 10.3. The van der Waals surface area contributed by atoms with Gasteiger partial charge in [-0.3, -0.25) is 4.57 Å². The second-order valence-electron chi connectivity index (χ2n) is 4.64. The van der Waals surface area contributed by atoms with E-state index in [1.807, 2.05) is 13.8 Å². The van der Waals surface area contributed by atoms with Crippen molar-refractivity contribution in [1.82, 2.24) is 0 Å². The lowest BCUT2D eigenvalue weighted by molar-refractivity contribution is -0.154. The van der Waals surface area contributed by atoms with Gasteiger partial charge in [-0.25, -0.2) is 4.79 Å². The van der Waals surface area contributed by atoms with Gasteiger partial charge in [0, 0.05) is 0 Å². The van der Waals surface area contributed by atoms with E-state index in [0.29, 0.717) is 12.8 Å². The van der Waals surface area contributed by atoms with E-state index >= 15 is 0 Å². The van der Waals surface area contributed by atoms with Gasteiger partial charge < -0.3 is 18.9 Å². The third kappa shape index (κ3) is 5.70.